The standard InChI is InChI=1S/C16H20N2O/c1-15(2)11-8-9-16(15)13(10-11)17-18(14(16)19)12-6-4-3-5-7-12/h3-7,11,13,17H,8-10H2,1-2H3/t11-,13-,16+/m1/s1. The summed E-state index contributed by atoms with van der Waals surface area (Å²) in [6.07, 6.45) is 3.39. The minimum Gasteiger partial charge on any atom is -0.272 e. The second-order valence-corrected chi connectivity index (χ2v) is 6.82. The highest BCUT2D eigenvalue weighted by molar-refractivity contribution is 6.01. The maximum absolute atomic E-state index is 13.0. The third-order valence-electron chi connectivity index (χ3n) is 6.06. The fourth-order valence-corrected chi connectivity index (χ4v) is 4.85. The maximum atomic E-state index is 13.0. The zero-order chi connectivity index (χ0) is 13.3. The largest absolute Gasteiger partial charge is 0.272 e. The molecule has 3 aliphatic rings. The van der Waals surface area contributed by atoms with Crippen molar-refractivity contribution in [2.24, 2.45) is 16.7 Å². The van der Waals surface area contributed by atoms with Gasteiger partial charge in [-0.2, -0.15) is 0 Å². The fourth-order valence-electron chi connectivity index (χ4n) is 4.85. The third kappa shape index (κ3) is 1.15. The Morgan fingerprint density at radius 3 is 2.63 bits per heavy atom. The van der Waals surface area contributed by atoms with Crippen LogP contribution in [0.1, 0.15) is 33.1 Å². The average Bonchev–Trinajstić information content (AvgIpc) is 2.94. The first kappa shape index (κ1) is 11.5. The van der Waals surface area contributed by atoms with Gasteiger partial charge < -0.3 is 0 Å². The smallest absolute Gasteiger partial charge is 0.249 e. The Labute approximate surface area is 114 Å². The van der Waals surface area contributed by atoms with Gasteiger partial charge in [-0.3, -0.25) is 4.79 Å². The molecule has 3 atom stereocenters. The van der Waals surface area contributed by atoms with E-state index in [1.54, 1.807) is 5.01 Å². The Morgan fingerprint density at radius 1 is 1.26 bits per heavy atom. The predicted molar refractivity (Wildman–Crippen MR) is 74.4 cm³/mol. The summed E-state index contributed by atoms with van der Waals surface area (Å²) >= 11 is 0. The Bertz CT molecular complexity index is 539. The molecule has 2 bridgehead atoms. The molecule has 1 aromatic carbocycles. The van der Waals surface area contributed by atoms with Gasteiger partial charge in [0, 0.05) is 6.04 Å². The quantitative estimate of drug-likeness (QED) is 0.838. The van der Waals surface area contributed by atoms with Crippen LogP contribution < -0.4 is 10.4 Å². The number of para-hydroxylation sites is 1. The van der Waals surface area contributed by atoms with E-state index in [9.17, 15) is 4.79 Å². The van der Waals surface area contributed by atoms with E-state index < -0.39 is 0 Å². The molecule has 0 unspecified atom stereocenters. The molecule has 4 rings (SSSR count). The Morgan fingerprint density at radius 2 is 2.00 bits per heavy atom. The van der Waals surface area contributed by atoms with Gasteiger partial charge in [0.2, 0.25) is 5.91 Å². The van der Waals surface area contributed by atoms with Gasteiger partial charge in [0.1, 0.15) is 0 Å². The highest BCUT2D eigenvalue weighted by atomic mass is 16.2. The van der Waals surface area contributed by atoms with Crippen LogP contribution in [0.2, 0.25) is 0 Å². The number of hydrazine groups is 1. The lowest BCUT2D eigenvalue weighted by Crippen LogP contribution is -2.43. The van der Waals surface area contributed by atoms with Crippen LogP contribution >= 0.6 is 0 Å². The van der Waals surface area contributed by atoms with E-state index >= 15 is 0 Å². The van der Waals surface area contributed by atoms with Gasteiger partial charge in [0.15, 0.2) is 0 Å². The van der Waals surface area contributed by atoms with E-state index in [1.165, 1.54) is 6.42 Å². The minimum atomic E-state index is -0.173. The zero-order valence-electron chi connectivity index (χ0n) is 11.5. The second kappa shape index (κ2) is 3.40. The lowest BCUT2D eigenvalue weighted by Gasteiger charge is -2.34. The lowest BCUT2D eigenvalue weighted by atomic mass is 9.68. The molecular weight excluding hydrogens is 236 g/mol. The molecule has 1 spiro atoms. The summed E-state index contributed by atoms with van der Waals surface area (Å²) in [5, 5.41) is 1.80. The number of carbonyl (C=O) groups excluding carboxylic acids is 1. The Hall–Kier alpha value is -1.35. The zero-order valence-corrected chi connectivity index (χ0v) is 11.5. The van der Waals surface area contributed by atoms with Crippen LogP contribution in [0.4, 0.5) is 5.69 Å². The molecule has 3 fully saturated rings. The average molecular weight is 256 g/mol. The van der Waals surface area contributed by atoms with Gasteiger partial charge in [-0.15, -0.1) is 0 Å². The van der Waals surface area contributed by atoms with Crippen LogP contribution in [0.15, 0.2) is 30.3 Å². The third-order valence-corrected chi connectivity index (χ3v) is 6.06. The van der Waals surface area contributed by atoms with Crippen molar-refractivity contribution in [3.63, 3.8) is 0 Å². The van der Waals surface area contributed by atoms with Crippen LogP contribution in [0.25, 0.3) is 0 Å². The van der Waals surface area contributed by atoms with Gasteiger partial charge in [-0.1, -0.05) is 32.0 Å². The van der Waals surface area contributed by atoms with Crippen LogP contribution in [0.3, 0.4) is 0 Å². The van der Waals surface area contributed by atoms with Crippen molar-refractivity contribution in [3.05, 3.63) is 30.3 Å². The normalized spacial score (nSPS) is 38.8. The molecule has 1 aliphatic heterocycles. The summed E-state index contributed by atoms with van der Waals surface area (Å²) in [6, 6.07) is 10.3. The van der Waals surface area contributed by atoms with E-state index in [4.69, 9.17) is 0 Å². The summed E-state index contributed by atoms with van der Waals surface area (Å²) in [5.41, 5.74) is 4.41. The summed E-state index contributed by atoms with van der Waals surface area (Å²) in [7, 11) is 0. The molecule has 3 heteroatoms. The van der Waals surface area contributed by atoms with Crippen LogP contribution in [0, 0.1) is 16.7 Å². The highest BCUT2D eigenvalue weighted by Gasteiger charge is 2.71. The SMILES string of the molecule is CC1(C)[C@@H]2CC[C@]13C(=O)N(c1ccccc1)N[C@@H]3C2. The van der Waals surface area contributed by atoms with E-state index in [0.717, 1.165) is 18.5 Å². The number of carbonyl (C=O) groups is 1. The molecule has 3 nitrogen and oxygen atoms in total. The van der Waals surface area contributed by atoms with Crippen molar-refractivity contribution in [1.82, 2.24) is 5.43 Å². The van der Waals surface area contributed by atoms with Crippen LogP contribution in [0.5, 0.6) is 0 Å². The first-order chi connectivity index (χ1) is 9.07. The van der Waals surface area contributed by atoms with Crippen molar-refractivity contribution in [3.8, 4) is 0 Å². The molecule has 1 heterocycles. The number of amides is 1. The van der Waals surface area contributed by atoms with Crippen molar-refractivity contribution in [2.75, 3.05) is 5.01 Å². The lowest BCUT2D eigenvalue weighted by molar-refractivity contribution is -0.129. The van der Waals surface area contributed by atoms with E-state index in [-0.39, 0.29) is 16.7 Å². The van der Waals surface area contributed by atoms with Gasteiger partial charge in [0.25, 0.3) is 0 Å². The first-order valence-electron chi connectivity index (χ1n) is 7.23. The number of nitrogens with zero attached hydrogens (tertiary/aromatic N) is 1. The predicted octanol–water partition coefficient (Wildman–Crippen LogP) is 2.73. The molecule has 1 aromatic rings. The second-order valence-electron chi connectivity index (χ2n) is 6.82. The number of rotatable bonds is 1. The van der Waals surface area contributed by atoms with Crippen molar-refractivity contribution in [2.45, 2.75) is 39.2 Å². The Balaban J connectivity index is 1.78. The molecule has 0 aromatic heterocycles. The number of hydrogen-bond donors (Lipinski definition) is 1. The van der Waals surface area contributed by atoms with E-state index in [0.29, 0.717) is 12.0 Å². The van der Waals surface area contributed by atoms with Crippen LogP contribution in [-0.4, -0.2) is 11.9 Å². The molecule has 2 saturated carbocycles. The van der Waals surface area contributed by atoms with E-state index in [2.05, 4.69) is 19.3 Å². The van der Waals surface area contributed by atoms with Gasteiger partial charge in [-0.05, 0) is 42.7 Å². The summed E-state index contributed by atoms with van der Waals surface area (Å²) in [5.74, 6) is 0.987. The Kier molecular flexibility index (Phi) is 2.05. The van der Waals surface area contributed by atoms with Gasteiger partial charge in [-0.25, -0.2) is 10.4 Å². The monoisotopic (exact) mass is 256 g/mol. The summed E-state index contributed by atoms with van der Waals surface area (Å²) < 4.78 is 0. The van der Waals surface area contributed by atoms with Gasteiger partial charge in [0.05, 0.1) is 11.1 Å². The van der Waals surface area contributed by atoms with Crippen molar-refractivity contribution < 1.29 is 4.79 Å². The number of nitrogens with one attached hydrogen (secondary N) is 1. The summed E-state index contributed by atoms with van der Waals surface area (Å²) in [4.78, 5) is 13.0. The molecule has 100 valence electrons. The molecule has 19 heavy (non-hydrogen) atoms. The number of hydrogen-bond acceptors (Lipinski definition) is 2. The number of anilines is 1. The summed E-state index contributed by atoms with van der Waals surface area (Å²) in [6.45, 7) is 4.58. The molecule has 1 saturated heterocycles. The molecule has 1 N–H and O–H groups in total. The van der Waals surface area contributed by atoms with Gasteiger partial charge >= 0.3 is 0 Å². The first-order valence-corrected chi connectivity index (χ1v) is 7.23. The molecule has 1 amide bonds. The van der Waals surface area contributed by atoms with Crippen molar-refractivity contribution >= 4 is 11.6 Å². The van der Waals surface area contributed by atoms with Crippen molar-refractivity contribution in [1.29, 1.82) is 0 Å². The number of benzene rings is 1. The highest BCUT2D eigenvalue weighted by Crippen LogP contribution is 2.68. The maximum Gasteiger partial charge on any atom is 0.249 e. The number of fused-ring (bicyclic) bond motifs is 1. The topological polar surface area (TPSA) is 32.3 Å². The molecule has 0 radical (unpaired) electrons. The molecule has 2 aliphatic carbocycles. The minimum absolute atomic E-state index is 0.130. The fraction of sp³-hybridized carbons (Fsp3) is 0.562. The van der Waals surface area contributed by atoms with Crippen LogP contribution in [-0.2, 0) is 4.79 Å². The molecular formula is C16H20N2O. The van der Waals surface area contributed by atoms with E-state index in [1.807, 2.05) is 30.3 Å².